The number of aliphatic carboxylic acids is 1. The molecule has 1 rings (SSSR count). The lowest BCUT2D eigenvalue weighted by Crippen LogP contribution is -2.22. The molecule has 3 nitrogen and oxygen atoms in total. The normalized spacial score (nSPS) is 14.4. The lowest BCUT2D eigenvalue weighted by Gasteiger charge is -2.08. The van der Waals surface area contributed by atoms with E-state index >= 15 is 0 Å². The van der Waals surface area contributed by atoms with Crippen molar-refractivity contribution in [2.75, 3.05) is 0 Å². The third kappa shape index (κ3) is 3.20. The Labute approximate surface area is 106 Å². The number of carbonyl (C=O) groups is 1. The van der Waals surface area contributed by atoms with Crippen LogP contribution in [0.1, 0.15) is 12.5 Å². The van der Waals surface area contributed by atoms with Crippen LogP contribution in [0.2, 0.25) is 10.0 Å². The van der Waals surface area contributed by atoms with Crippen LogP contribution in [-0.4, -0.2) is 20.5 Å². The summed E-state index contributed by atoms with van der Waals surface area (Å²) < 4.78 is 11.6. The predicted molar refractivity (Wildman–Crippen MR) is 65.4 cm³/mol. The van der Waals surface area contributed by atoms with Gasteiger partial charge in [-0.3, -0.25) is 9.00 Å². The number of rotatable bonds is 4. The minimum absolute atomic E-state index is 0.0901. The molecule has 1 aromatic carbocycles. The molecule has 16 heavy (non-hydrogen) atoms. The van der Waals surface area contributed by atoms with E-state index in [-0.39, 0.29) is 5.75 Å². The van der Waals surface area contributed by atoms with E-state index in [0.29, 0.717) is 15.6 Å². The molecule has 0 aliphatic carbocycles. The van der Waals surface area contributed by atoms with Gasteiger partial charge in [-0.1, -0.05) is 35.3 Å². The molecule has 0 fully saturated rings. The fraction of sp³-hybridized carbons (Fsp3) is 0.300. The molecule has 0 aliphatic heterocycles. The molecule has 6 heteroatoms. The van der Waals surface area contributed by atoms with E-state index in [1.54, 1.807) is 18.2 Å². The van der Waals surface area contributed by atoms with E-state index in [1.165, 1.54) is 6.92 Å². The summed E-state index contributed by atoms with van der Waals surface area (Å²) in [5.74, 6) is -0.996. The van der Waals surface area contributed by atoms with Crippen LogP contribution in [-0.2, 0) is 21.3 Å². The van der Waals surface area contributed by atoms with Crippen molar-refractivity contribution in [1.82, 2.24) is 0 Å². The zero-order valence-electron chi connectivity index (χ0n) is 8.44. The second-order valence-corrected chi connectivity index (χ2v) is 5.76. The fourth-order valence-corrected chi connectivity index (χ4v) is 2.54. The minimum Gasteiger partial charge on any atom is -0.480 e. The minimum atomic E-state index is -1.51. The average Bonchev–Trinajstić information content (AvgIpc) is 2.23. The van der Waals surface area contributed by atoms with Gasteiger partial charge >= 0.3 is 5.97 Å². The predicted octanol–water partition coefficient (Wildman–Crippen LogP) is 2.72. The molecule has 2 atom stereocenters. The van der Waals surface area contributed by atoms with Crippen LogP contribution < -0.4 is 0 Å². The summed E-state index contributed by atoms with van der Waals surface area (Å²) in [4.78, 5) is 10.6. The van der Waals surface area contributed by atoms with Crippen LogP contribution >= 0.6 is 23.2 Å². The lowest BCUT2D eigenvalue weighted by atomic mass is 10.2. The van der Waals surface area contributed by atoms with Gasteiger partial charge < -0.3 is 5.11 Å². The van der Waals surface area contributed by atoms with Gasteiger partial charge in [0.2, 0.25) is 0 Å². The van der Waals surface area contributed by atoms with Gasteiger partial charge in [0, 0.05) is 10.8 Å². The zero-order chi connectivity index (χ0) is 12.3. The SMILES string of the molecule is CC(C(=O)O)S(=O)Cc1cccc(Cl)c1Cl. The molecule has 1 aromatic rings. The van der Waals surface area contributed by atoms with Gasteiger partial charge in [-0.05, 0) is 18.6 Å². The van der Waals surface area contributed by atoms with Crippen LogP contribution in [0.5, 0.6) is 0 Å². The monoisotopic (exact) mass is 280 g/mol. The number of carboxylic acids is 1. The molecule has 2 unspecified atom stereocenters. The highest BCUT2D eigenvalue weighted by molar-refractivity contribution is 7.85. The first-order valence-corrected chi connectivity index (χ1v) is 6.60. The van der Waals surface area contributed by atoms with Crippen molar-refractivity contribution in [3.63, 3.8) is 0 Å². The van der Waals surface area contributed by atoms with Crippen molar-refractivity contribution < 1.29 is 14.1 Å². The largest absolute Gasteiger partial charge is 0.480 e. The molecule has 0 heterocycles. The van der Waals surface area contributed by atoms with Gasteiger partial charge in [-0.25, -0.2) is 0 Å². The van der Waals surface area contributed by atoms with Crippen molar-refractivity contribution in [2.24, 2.45) is 0 Å². The lowest BCUT2D eigenvalue weighted by molar-refractivity contribution is -0.136. The third-order valence-electron chi connectivity index (χ3n) is 2.07. The maximum atomic E-state index is 11.6. The van der Waals surface area contributed by atoms with Gasteiger partial charge in [-0.2, -0.15) is 0 Å². The van der Waals surface area contributed by atoms with Crippen LogP contribution in [0, 0.1) is 0 Å². The topological polar surface area (TPSA) is 54.4 Å². The smallest absolute Gasteiger partial charge is 0.318 e. The number of hydrogen-bond acceptors (Lipinski definition) is 2. The Balaban J connectivity index is 2.85. The van der Waals surface area contributed by atoms with E-state index in [1.807, 2.05) is 0 Å². The Hall–Kier alpha value is -0.580. The molecular weight excluding hydrogens is 271 g/mol. The Morgan fingerprint density at radius 2 is 2.12 bits per heavy atom. The van der Waals surface area contributed by atoms with E-state index in [2.05, 4.69) is 0 Å². The molecule has 0 aliphatic rings. The molecule has 0 amide bonds. The van der Waals surface area contributed by atoms with Crippen LogP contribution in [0.15, 0.2) is 18.2 Å². The van der Waals surface area contributed by atoms with Crippen molar-refractivity contribution in [3.05, 3.63) is 33.8 Å². The highest BCUT2D eigenvalue weighted by Gasteiger charge is 2.20. The molecule has 88 valence electrons. The van der Waals surface area contributed by atoms with E-state index in [0.717, 1.165) is 0 Å². The van der Waals surface area contributed by atoms with Gasteiger partial charge in [-0.15, -0.1) is 0 Å². The molecule has 0 aromatic heterocycles. The van der Waals surface area contributed by atoms with Crippen LogP contribution in [0.4, 0.5) is 0 Å². The van der Waals surface area contributed by atoms with Crippen molar-refractivity contribution in [3.8, 4) is 0 Å². The maximum absolute atomic E-state index is 11.6. The van der Waals surface area contributed by atoms with Crippen LogP contribution in [0.25, 0.3) is 0 Å². The van der Waals surface area contributed by atoms with E-state index in [4.69, 9.17) is 28.3 Å². The van der Waals surface area contributed by atoms with Crippen LogP contribution in [0.3, 0.4) is 0 Å². The Morgan fingerprint density at radius 1 is 1.50 bits per heavy atom. The molecule has 0 saturated carbocycles. The number of carboxylic acid groups (broad SMARTS) is 1. The van der Waals surface area contributed by atoms with Crippen molar-refractivity contribution in [2.45, 2.75) is 17.9 Å². The summed E-state index contributed by atoms with van der Waals surface area (Å²) in [6.07, 6.45) is 0. The molecule has 0 spiro atoms. The Morgan fingerprint density at radius 3 is 2.69 bits per heavy atom. The first kappa shape index (κ1) is 13.5. The number of benzene rings is 1. The molecule has 0 saturated heterocycles. The zero-order valence-corrected chi connectivity index (χ0v) is 10.8. The number of hydrogen-bond donors (Lipinski definition) is 1. The Kier molecular flexibility index (Phi) is 4.77. The second-order valence-electron chi connectivity index (χ2n) is 3.22. The van der Waals surface area contributed by atoms with Gasteiger partial charge in [0.1, 0.15) is 5.25 Å². The van der Waals surface area contributed by atoms with Gasteiger partial charge in [0.15, 0.2) is 0 Å². The van der Waals surface area contributed by atoms with Crippen molar-refractivity contribution >= 4 is 40.0 Å². The summed E-state index contributed by atoms with van der Waals surface area (Å²) in [6, 6.07) is 4.99. The second kappa shape index (κ2) is 5.66. The van der Waals surface area contributed by atoms with E-state index < -0.39 is 22.0 Å². The molecule has 0 bridgehead atoms. The third-order valence-corrected chi connectivity index (χ3v) is 4.52. The Bertz CT molecular complexity index is 434. The average molecular weight is 281 g/mol. The van der Waals surface area contributed by atoms with Gasteiger partial charge in [0.25, 0.3) is 0 Å². The molecule has 1 N–H and O–H groups in total. The summed E-state index contributed by atoms with van der Waals surface area (Å²) >= 11 is 11.7. The summed E-state index contributed by atoms with van der Waals surface area (Å²) in [7, 11) is -1.51. The summed E-state index contributed by atoms with van der Waals surface area (Å²) in [5.41, 5.74) is 0.598. The highest BCUT2D eigenvalue weighted by Crippen LogP contribution is 2.26. The fourth-order valence-electron chi connectivity index (χ4n) is 1.05. The standard InChI is InChI=1S/C10H10Cl2O3S/c1-6(10(13)14)16(15)5-7-3-2-4-8(11)9(7)12/h2-4,6H,5H2,1H3,(H,13,14). The maximum Gasteiger partial charge on any atom is 0.318 e. The first-order valence-electron chi connectivity index (χ1n) is 4.46. The highest BCUT2D eigenvalue weighted by atomic mass is 35.5. The molecular formula is C10H10Cl2O3S. The number of halogens is 2. The van der Waals surface area contributed by atoms with Crippen molar-refractivity contribution in [1.29, 1.82) is 0 Å². The quantitative estimate of drug-likeness (QED) is 0.923. The summed E-state index contributed by atoms with van der Waals surface area (Å²) in [6.45, 7) is 1.40. The molecule has 0 radical (unpaired) electrons. The first-order chi connectivity index (χ1) is 7.43. The van der Waals surface area contributed by atoms with E-state index in [9.17, 15) is 9.00 Å². The van der Waals surface area contributed by atoms with Gasteiger partial charge in [0.05, 0.1) is 15.8 Å². The summed E-state index contributed by atoms with van der Waals surface area (Å²) in [5, 5.41) is 8.48.